The molecule has 0 fully saturated rings. The van der Waals surface area contributed by atoms with Gasteiger partial charge in [-0.3, -0.25) is 4.98 Å². The summed E-state index contributed by atoms with van der Waals surface area (Å²) in [6.45, 7) is 19.8. The number of para-hydroxylation sites is 2. The fourth-order valence-electron chi connectivity index (χ4n) is 5.10. The molecule has 5 rings (SSSR count). The van der Waals surface area contributed by atoms with E-state index < -0.39 is 0 Å². The highest BCUT2D eigenvalue weighted by Crippen LogP contribution is 2.31. The first-order valence-corrected chi connectivity index (χ1v) is 16.0. The fraction of sp³-hybridized carbons (Fsp3) is 0.195. The third-order valence-corrected chi connectivity index (χ3v) is 7.06. The van der Waals surface area contributed by atoms with Crippen LogP contribution in [0.5, 0.6) is 0 Å². The van der Waals surface area contributed by atoms with Crippen LogP contribution >= 0.6 is 0 Å². The highest BCUT2D eigenvalue weighted by molar-refractivity contribution is 6.13. The Labute approximate surface area is 275 Å². The predicted octanol–water partition coefficient (Wildman–Crippen LogP) is 11.7. The summed E-state index contributed by atoms with van der Waals surface area (Å²) in [5, 5.41) is 9.08. The van der Waals surface area contributed by atoms with E-state index in [0.717, 1.165) is 51.9 Å². The average molecular weight is 609 g/mol. The minimum absolute atomic E-state index is 0.551. The molecule has 0 aliphatic rings. The third kappa shape index (κ3) is 9.27. The van der Waals surface area contributed by atoms with Crippen molar-refractivity contribution >= 4 is 39.4 Å². The Balaban J connectivity index is 0.00000109. The van der Waals surface area contributed by atoms with Crippen molar-refractivity contribution in [2.75, 3.05) is 10.2 Å². The summed E-state index contributed by atoms with van der Waals surface area (Å²) in [5.41, 5.74) is 8.56. The van der Waals surface area contributed by atoms with Crippen LogP contribution in [0.25, 0.3) is 21.4 Å². The zero-order valence-electron chi connectivity index (χ0n) is 27.8. The monoisotopic (exact) mass is 608 g/mol. The molecule has 0 aliphatic carbocycles. The molecule has 0 amide bonds. The van der Waals surface area contributed by atoms with Gasteiger partial charge in [-0.05, 0) is 61.7 Å². The third-order valence-electron chi connectivity index (χ3n) is 7.06. The van der Waals surface area contributed by atoms with Crippen LogP contribution in [0.3, 0.4) is 0 Å². The summed E-state index contributed by atoms with van der Waals surface area (Å²) in [6.07, 6.45) is 7.93. The molecule has 4 aromatic carbocycles. The number of benzene rings is 4. The predicted molar refractivity (Wildman–Crippen MR) is 201 cm³/mol. The van der Waals surface area contributed by atoms with E-state index in [-0.39, 0.29) is 0 Å². The summed E-state index contributed by atoms with van der Waals surface area (Å²) >= 11 is 0. The number of fused-ring (bicyclic) bond motifs is 1. The Bertz CT molecular complexity index is 1760. The fourth-order valence-corrected chi connectivity index (χ4v) is 5.10. The molecule has 5 aromatic rings. The largest absolute Gasteiger partial charge is 0.355 e. The van der Waals surface area contributed by atoms with Crippen molar-refractivity contribution < 1.29 is 0 Å². The molecule has 0 spiro atoms. The van der Waals surface area contributed by atoms with Gasteiger partial charge >= 0.3 is 6.57 Å². The number of nitrogens with zero attached hydrogens (tertiary/aromatic N) is 4. The van der Waals surface area contributed by atoms with Gasteiger partial charge in [0.15, 0.2) is 5.10 Å². The SMILES string of the molecule is C#[N+]/N=C(/c1ccccc1)N(Cc1ccc(Nc2ccccc2/C(=C/C)CCC)cc1)c1cccc2cccnc12.C=CC.CC. The molecule has 0 saturated carbocycles. The molecule has 0 radical (unpaired) electrons. The zero-order chi connectivity index (χ0) is 33.1. The minimum atomic E-state index is 0.551. The van der Waals surface area contributed by atoms with Gasteiger partial charge in [0, 0.05) is 40.6 Å². The van der Waals surface area contributed by atoms with E-state index in [9.17, 15) is 0 Å². The summed E-state index contributed by atoms with van der Waals surface area (Å²) in [7, 11) is 0. The van der Waals surface area contributed by atoms with Crippen molar-refractivity contribution in [1.82, 2.24) is 4.98 Å². The van der Waals surface area contributed by atoms with Crippen molar-refractivity contribution in [3.8, 4) is 6.57 Å². The Morgan fingerprint density at radius 3 is 2.24 bits per heavy atom. The van der Waals surface area contributed by atoms with Crippen LogP contribution in [0.4, 0.5) is 17.1 Å². The highest BCUT2D eigenvalue weighted by atomic mass is 15.3. The van der Waals surface area contributed by atoms with Gasteiger partial charge < -0.3 is 10.2 Å². The van der Waals surface area contributed by atoms with Crippen LogP contribution in [0.15, 0.2) is 139 Å². The molecule has 234 valence electrons. The minimum Gasteiger partial charge on any atom is -0.355 e. The molecule has 0 atom stereocenters. The molecule has 0 aliphatic heterocycles. The molecule has 0 unspecified atom stereocenters. The summed E-state index contributed by atoms with van der Waals surface area (Å²) in [6, 6.07) is 37.2. The number of aromatic nitrogens is 1. The summed E-state index contributed by atoms with van der Waals surface area (Å²) in [4.78, 5) is 10.5. The van der Waals surface area contributed by atoms with Crippen molar-refractivity contribution in [1.29, 1.82) is 0 Å². The Hall–Kier alpha value is -5.47. The molecule has 0 saturated heterocycles. The number of anilines is 3. The van der Waals surface area contributed by atoms with E-state index in [1.165, 1.54) is 11.1 Å². The van der Waals surface area contributed by atoms with Gasteiger partial charge in [-0.25, -0.2) is 0 Å². The average Bonchev–Trinajstić information content (AvgIpc) is 3.11. The van der Waals surface area contributed by atoms with Gasteiger partial charge in [-0.1, -0.05) is 118 Å². The maximum absolute atomic E-state index is 5.63. The van der Waals surface area contributed by atoms with Crippen molar-refractivity contribution in [3.05, 3.63) is 156 Å². The maximum Gasteiger partial charge on any atom is 0.307 e. The van der Waals surface area contributed by atoms with Crippen LogP contribution in [0.1, 0.15) is 64.2 Å². The van der Waals surface area contributed by atoms with Gasteiger partial charge in [-0.2, -0.15) is 0 Å². The molecular formula is C41H46N5+. The molecule has 5 heteroatoms. The van der Waals surface area contributed by atoms with Gasteiger partial charge in [0.1, 0.15) is 4.95 Å². The normalized spacial score (nSPS) is 10.9. The van der Waals surface area contributed by atoms with Crippen molar-refractivity contribution in [2.45, 2.75) is 54.0 Å². The first-order valence-electron chi connectivity index (χ1n) is 16.0. The second-order valence-electron chi connectivity index (χ2n) is 10.2. The number of hydrogen-bond donors (Lipinski definition) is 1. The first-order chi connectivity index (χ1) is 22.6. The summed E-state index contributed by atoms with van der Waals surface area (Å²) < 4.78 is 0. The summed E-state index contributed by atoms with van der Waals surface area (Å²) in [5.74, 6) is 0.650. The molecular weight excluding hydrogens is 562 g/mol. The number of pyridine rings is 1. The van der Waals surface area contributed by atoms with E-state index in [1.54, 1.807) is 6.08 Å². The van der Waals surface area contributed by atoms with Crippen LogP contribution < -0.4 is 10.2 Å². The lowest BCUT2D eigenvalue weighted by Crippen LogP contribution is -2.31. The topological polar surface area (TPSA) is 44.9 Å². The van der Waals surface area contributed by atoms with Crippen molar-refractivity contribution in [3.63, 3.8) is 0 Å². The van der Waals surface area contributed by atoms with Crippen LogP contribution in [0, 0.1) is 6.57 Å². The van der Waals surface area contributed by atoms with Crippen molar-refractivity contribution in [2.24, 2.45) is 5.10 Å². The van der Waals surface area contributed by atoms with Gasteiger partial charge in [-0.15, -0.1) is 6.58 Å². The second kappa shape index (κ2) is 19.0. The zero-order valence-corrected chi connectivity index (χ0v) is 27.8. The number of nitrogens with one attached hydrogen (secondary N) is 1. The molecule has 1 heterocycles. The van der Waals surface area contributed by atoms with E-state index in [4.69, 9.17) is 11.6 Å². The number of allylic oxidation sites excluding steroid dienone is 3. The van der Waals surface area contributed by atoms with Crippen LogP contribution in [-0.2, 0) is 6.54 Å². The van der Waals surface area contributed by atoms with E-state index in [2.05, 4.69) is 114 Å². The molecule has 5 nitrogen and oxygen atoms in total. The van der Waals surface area contributed by atoms with Gasteiger partial charge in [0.2, 0.25) is 5.84 Å². The Kier molecular flexibility index (Phi) is 14.5. The quantitative estimate of drug-likeness (QED) is 0.0783. The van der Waals surface area contributed by atoms with Crippen LogP contribution in [-0.4, -0.2) is 10.8 Å². The molecule has 1 aromatic heterocycles. The Morgan fingerprint density at radius 2 is 1.57 bits per heavy atom. The highest BCUT2D eigenvalue weighted by Gasteiger charge is 2.22. The lowest BCUT2D eigenvalue weighted by molar-refractivity contribution is 0.972. The lowest BCUT2D eigenvalue weighted by Gasteiger charge is -2.25. The Morgan fingerprint density at radius 1 is 0.891 bits per heavy atom. The van der Waals surface area contributed by atoms with Gasteiger partial charge in [0.25, 0.3) is 0 Å². The number of rotatable bonds is 9. The standard InChI is InChI=1S/C36H34N5.C3H6.C2H6/c1-4-13-28(5-2)32-18-9-10-19-33(32)39-31-23-21-27(22-24-31)26-41(36(40-37-3)30-14-7-6-8-15-30)34-20-11-16-29-17-12-25-38-35(29)34;1-3-2;1-2/h3,5-12,14-25,39H,4,13,26H2,1-2H3;3H,1H2,2H3;1-2H3/q+1;;/b28-5+,40-36-;;. The van der Waals surface area contributed by atoms with E-state index >= 15 is 0 Å². The van der Waals surface area contributed by atoms with Crippen LogP contribution in [0.2, 0.25) is 0 Å². The molecule has 1 N–H and O–H groups in total. The lowest BCUT2D eigenvalue weighted by atomic mass is 9.99. The van der Waals surface area contributed by atoms with E-state index in [0.29, 0.717) is 12.4 Å². The molecule has 46 heavy (non-hydrogen) atoms. The smallest absolute Gasteiger partial charge is 0.307 e. The van der Waals surface area contributed by atoms with Gasteiger partial charge in [0.05, 0.1) is 11.2 Å². The second-order valence-corrected chi connectivity index (χ2v) is 10.2. The first kappa shape index (κ1) is 35.0. The number of amidine groups is 1. The number of hydrogen-bond acceptors (Lipinski definition) is 3. The van der Waals surface area contributed by atoms with E-state index in [1.807, 2.05) is 69.4 Å². The maximum atomic E-state index is 5.63. The molecule has 0 bridgehead atoms.